The maximum Gasteiger partial charge on any atom is 0.255 e. The molecule has 0 aliphatic carbocycles. The number of benzene rings is 2. The van der Waals surface area contributed by atoms with Crippen molar-refractivity contribution < 1.29 is 17.9 Å². The predicted octanol–water partition coefficient (Wildman–Crippen LogP) is 3.32. The van der Waals surface area contributed by atoms with Crippen LogP contribution >= 0.6 is 0 Å². The Hall–Kier alpha value is -2.38. The van der Waals surface area contributed by atoms with E-state index >= 15 is 0 Å². The highest BCUT2D eigenvalue weighted by atomic mass is 32.2. The van der Waals surface area contributed by atoms with Gasteiger partial charge in [-0.2, -0.15) is 0 Å². The molecule has 1 amide bonds. The summed E-state index contributed by atoms with van der Waals surface area (Å²) in [6.45, 7) is 4.05. The quantitative estimate of drug-likeness (QED) is 0.787. The first-order valence-corrected chi connectivity index (χ1v) is 10.2. The molecule has 146 valence electrons. The Kier molecular flexibility index (Phi) is 6.62. The maximum atomic E-state index is 12.8. The lowest BCUT2D eigenvalue weighted by molar-refractivity contribution is 0.102. The number of nitrogens with zero attached hydrogens (tertiary/aromatic N) is 1. The second kappa shape index (κ2) is 8.54. The van der Waals surface area contributed by atoms with Crippen molar-refractivity contribution in [1.29, 1.82) is 0 Å². The average Bonchev–Trinajstić information content (AvgIpc) is 2.67. The van der Waals surface area contributed by atoms with E-state index in [1.165, 1.54) is 33.3 Å². The molecule has 6 nitrogen and oxygen atoms in total. The summed E-state index contributed by atoms with van der Waals surface area (Å²) in [7, 11) is 0.526. The number of hydrogen-bond acceptors (Lipinski definition) is 4. The Labute approximate surface area is 161 Å². The molecule has 2 aromatic carbocycles. The molecule has 0 radical (unpaired) electrons. The van der Waals surface area contributed by atoms with Crippen molar-refractivity contribution in [2.45, 2.75) is 31.6 Å². The summed E-state index contributed by atoms with van der Waals surface area (Å²) in [5.41, 5.74) is 3.12. The molecule has 0 aliphatic heterocycles. The van der Waals surface area contributed by atoms with E-state index in [0.29, 0.717) is 0 Å². The van der Waals surface area contributed by atoms with Crippen LogP contribution in [0.2, 0.25) is 0 Å². The number of amides is 1. The van der Waals surface area contributed by atoms with Crippen molar-refractivity contribution in [1.82, 2.24) is 4.31 Å². The van der Waals surface area contributed by atoms with Gasteiger partial charge in [-0.25, -0.2) is 12.7 Å². The topological polar surface area (TPSA) is 75.7 Å². The van der Waals surface area contributed by atoms with E-state index in [1.807, 2.05) is 32.0 Å². The Bertz CT molecular complexity index is 915. The summed E-state index contributed by atoms with van der Waals surface area (Å²) in [4.78, 5) is 12.8. The van der Waals surface area contributed by atoms with Crippen molar-refractivity contribution in [2.75, 3.05) is 26.5 Å². The normalized spacial score (nSPS) is 11.5. The Balaban J connectivity index is 2.47. The molecule has 2 aromatic rings. The van der Waals surface area contributed by atoms with Crippen molar-refractivity contribution in [2.24, 2.45) is 0 Å². The van der Waals surface area contributed by atoms with Gasteiger partial charge >= 0.3 is 0 Å². The van der Waals surface area contributed by atoms with Crippen molar-refractivity contribution in [3.05, 3.63) is 53.1 Å². The van der Waals surface area contributed by atoms with E-state index in [-0.39, 0.29) is 22.1 Å². The first-order valence-electron chi connectivity index (χ1n) is 8.78. The molecule has 7 heteroatoms. The van der Waals surface area contributed by atoms with Gasteiger partial charge in [0.05, 0.1) is 7.11 Å². The van der Waals surface area contributed by atoms with E-state index in [4.69, 9.17) is 4.74 Å². The van der Waals surface area contributed by atoms with Crippen LogP contribution in [0.15, 0.2) is 41.3 Å². The van der Waals surface area contributed by atoms with Crippen LogP contribution in [0, 0.1) is 0 Å². The zero-order chi connectivity index (χ0) is 20.2. The number of aryl methyl sites for hydroxylation is 2. The molecule has 0 fully saturated rings. The number of para-hydroxylation sites is 1. The molecule has 0 aromatic heterocycles. The van der Waals surface area contributed by atoms with Crippen molar-refractivity contribution in [3.63, 3.8) is 0 Å². The first-order chi connectivity index (χ1) is 12.8. The number of sulfonamides is 1. The third-order valence-corrected chi connectivity index (χ3v) is 6.26. The van der Waals surface area contributed by atoms with E-state index < -0.39 is 10.0 Å². The van der Waals surface area contributed by atoms with Gasteiger partial charge in [0.2, 0.25) is 10.0 Å². The Morgan fingerprint density at radius 3 is 2.15 bits per heavy atom. The summed E-state index contributed by atoms with van der Waals surface area (Å²) in [6, 6.07) is 10.3. The van der Waals surface area contributed by atoms with Crippen molar-refractivity contribution in [3.8, 4) is 5.75 Å². The fraction of sp³-hybridized carbons (Fsp3) is 0.350. The molecule has 0 spiro atoms. The van der Waals surface area contributed by atoms with Crippen LogP contribution < -0.4 is 10.1 Å². The third-order valence-electron chi connectivity index (χ3n) is 4.42. The highest BCUT2D eigenvalue weighted by Crippen LogP contribution is 2.28. The van der Waals surface area contributed by atoms with Crippen LogP contribution in [0.5, 0.6) is 5.75 Å². The molecule has 0 saturated carbocycles. The highest BCUT2D eigenvalue weighted by Gasteiger charge is 2.24. The predicted molar refractivity (Wildman–Crippen MR) is 107 cm³/mol. The number of methoxy groups -OCH3 is 1. The smallest absolute Gasteiger partial charge is 0.255 e. The van der Waals surface area contributed by atoms with Gasteiger partial charge in [-0.15, -0.1) is 0 Å². The van der Waals surface area contributed by atoms with E-state index in [9.17, 15) is 13.2 Å². The molecule has 0 saturated heterocycles. The van der Waals surface area contributed by atoms with Gasteiger partial charge in [-0.3, -0.25) is 4.79 Å². The van der Waals surface area contributed by atoms with E-state index in [2.05, 4.69) is 5.32 Å². The zero-order valence-electron chi connectivity index (χ0n) is 16.4. The van der Waals surface area contributed by atoms with E-state index in [0.717, 1.165) is 34.0 Å². The minimum atomic E-state index is -3.75. The summed E-state index contributed by atoms with van der Waals surface area (Å²) in [6.07, 6.45) is 1.57. The molecular weight excluding hydrogens is 364 g/mol. The number of ether oxygens (including phenoxy) is 1. The molecule has 1 N–H and O–H groups in total. The Morgan fingerprint density at radius 2 is 1.67 bits per heavy atom. The number of carbonyl (C=O) groups excluding carboxylic acids is 1. The van der Waals surface area contributed by atoms with Gasteiger partial charge in [0.25, 0.3) is 5.91 Å². The SMILES string of the molecule is CCc1cccc(CC)c1NC(=O)c1ccc(OC)c(S(=O)(=O)N(C)C)c1. The average molecular weight is 391 g/mol. The second-order valence-electron chi connectivity index (χ2n) is 6.27. The van der Waals surface area contributed by atoms with Gasteiger partial charge in [-0.1, -0.05) is 32.0 Å². The molecule has 27 heavy (non-hydrogen) atoms. The number of nitrogens with one attached hydrogen (secondary N) is 1. The zero-order valence-corrected chi connectivity index (χ0v) is 17.2. The van der Waals surface area contributed by atoms with Crippen LogP contribution in [-0.2, 0) is 22.9 Å². The second-order valence-corrected chi connectivity index (χ2v) is 8.39. The summed E-state index contributed by atoms with van der Waals surface area (Å²) in [5.74, 6) is -0.160. The van der Waals surface area contributed by atoms with Crippen LogP contribution in [0.4, 0.5) is 5.69 Å². The fourth-order valence-electron chi connectivity index (χ4n) is 2.81. The molecule has 0 heterocycles. The summed E-state index contributed by atoms with van der Waals surface area (Å²) in [5, 5.41) is 2.95. The highest BCUT2D eigenvalue weighted by molar-refractivity contribution is 7.89. The summed E-state index contributed by atoms with van der Waals surface area (Å²) >= 11 is 0. The largest absolute Gasteiger partial charge is 0.495 e. The molecule has 0 atom stereocenters. The molecule has 0 bridgehead atoms. The number of anilines is 1. The lowest BCUT2D eigenvalue weighted by Gasteiger charge is -2.17. The fourth-order valence-corrected chi connectivity index (χ4v) is 3.88. The van der Waals surface area contributed by atoms with Gasteiger partial charge < -0.3 is 10.1 Å². The number of carbonyl (C=O) groups is 1. The monoisotopic (exact) mass is 390 g/mol. The minimum absolute atomic E-state index is 0.0397. The lowest BCUT2D eigenvalue weighted by atomic mass is 10.0. The number of hydrogen-bond donors (Lipinski definition) is 1. The van der Waals surface area contributed by atoms with Crippen molar-refractivity contribution >= 4 is 21.6 Å². The molecular formula is C20H26N2O4S. The Morgan fingerprint density at radius 1 is 1.07 bits per heavy atom. The third kappa shape index (κ3) is 4.31. The maximum absolute atomic E-state index is 12.8. The van der Waals surface area contributed by atoms with Crippen LogP contribution in [0.1, 0.15) is 35.3 Å². The van der Waals surface area contributed by atoms with E-state index in [1.54, 1.807) is 6.07 Å². The summed E-state index contributed by atoms with van der Waals surface area (Å²) < 4.78 is 31.4. The van der Waals surface area contributed by atoms with Gasteiger partial charge in [-0.05, 0) is 42.2 Å². The van der Waals surface area contributed by atoms with Crippen LogP contribution in [-0.4, -0.2) is 39.8 Å². The molecule has 0 unspecified atom stereocenters. The van der Waals surface area contributed by atoms with Crippen LogP contribution in [0.25, 0.3) is 0 Å². The van der Waals surface area contributed by atoms with Gasteiger partial charge in [0.1, 0.15) is 10.6 Å². The van der Waals surface area contributed by atoms with Gasteiger partial charge in [0, 0.05) is 25.3 Å². The number of rotatable bonds is 7. The first kappa shape index (κ1) is 20.9. The molecule has 0 aliphatic rings. The lowest BCUT2D eigenvalue weighted by Crippen LogP contribution is -2.23. The molecule has 2 rings (SSSR count). The van der Waals surface area contributed by atoms with Crippen LogP contribution in [0.3, 0.4) is 0 Å². The standard InChI is InChI=1S/C20H26N2O4S/c1-6-14-9-8-10-15(7-2)19(14)21-20(23)16-11-12-17(26-5)18(13-16)27(24,25)22(3)4/h8-13H,6-7H2,1-5H3,(H,21,23). The minimum Gasteiger partial charge on any atom is -0.495 e. The van der Waals surface area contributed by atoms with Gasteiger partial charge in [0.15, 0.2) is 0 Å².